The van der Waals surface area contributed by atoms with E-state index in [0.29, 0.717) is 17.0 Å². The van der Waals surface area contributed by atoms with Crippen molar-refractivity contribution in [3.05, 3.63) is 29.8 Å². The average Bonchev–Trinajstić information content (AvgIpc) is 3.08. The minimum atomic E-state index is 0.185. The van der Waals surface area contributed by atoms with Gasteiger partial charge in [0.2, 0.25) is 11.1 Å². The van der Waals surface area contributed by atoms with Crippen molar-refractivity contribution in [1.82, 2.24) is 25.1 Å². The average molecular weight is 345 g/mol. The summed E-state index contributed by atoms with van der Waals surface area (Å²) in [5.41, 5.74) is 2.09. The zero-order valence-electron chi connectivity index (χ0n) is 14.2. The zero-order chi connectivity index (χ0) is 16.9. The molecule has 1 aliphatic rings. The van der Waals surface area contributed by atoms with Crippen LogP contribution in [0.4, 0.5) is 0 Å². The third-order valence-corrected chi connectivity index (χ3v) is 5.37. The molecule has 128 valence electrons. The standard InChI is InChI=1S/C17H23N5OS/c1-3-14-6-4-5-11-21(14)16(23)12-24-17-18-19-20-22(17)15-9-7-13(2)8-10-15/h7-10,14H,3-6,11-12H2,1-2H3/t14-/m0/s1. The van der Waals surface area contributed by atoms with Crippen molar-refractivity contribution in [2.24, 2.45) is 0 Å². The quantitative estimate of drug-likeness (QED) is 0.780. The summed E-state index contributed by atoms with van der Waals surface area (Å²) in [5, 5.41) is 12.5. The molecule has 1 fully saturated rings. The van der Waals surface area contributed by atoms with Gasteiger partial charge < -0.3 is 4.90 Å². The fraction of sp³-hybridized carbons (Fsp3) is 0.529. The lowest BCUT2D eigenvalue weighted by atomic mass is 10.0. The number of tetrazole rings is 1. The first-order valence-corrected chi connectivity index (χ1v) is 9.45. The first-order chi connectivity index (χ1) is 11.7. The van der Waals surface area contributed by atoms with E-state index in [1.54, 1.807) is 4.68 Å². The predicted molar refractivity (Wildman–Crippen MR) is 94.3 cm³/mol. The first-order valence-electron chi connectivity index (χ1n) is 8.46. The normalized spacial score (nSPS) is 17.9. The van der Waals surface area contributed by atoms with Gasteiger partial charge in [-0.05, 0) is 55.2 Å². The molecule has 1 aromatic carbocycles. The molecule has 24 heavy (non-hydrogen) atoms. The van der Waals surface area contributed by atoms with Gasteiger partial charge in [-0.3, -0.25) is 4.79 Å². The smallest absolute Gasteiger partial charge is 0.233 e. The summed E-state index contributed by atoms with van der Waals surface area (Å²) in [7, 11) is 0. The molecule has 3 rings (SSSR count). The van der Waals surface area contributed by atoms with Crippen LogP contribution in [0.15, 0.2) is 29.4 Å². The van der Waals surface area contributed by atoms with E-state index in [1.807, 2.05) is 36.1 Å². The van der Waals surface area contributed by atoms with Crippen molar-refractivity contribution in [2.75, 3.05) is 12.3 Å². The monoisotopic (exact) mass is 345 g/mol. The zero-order valence-corrected chi connectivity index (χ0v) is 15.0. The molecule has 1 aromatic heterocycles. The second-order valence-corrected chi connectivity index (χ2v) is 7.08. The van der Waals surface area contributed by atoms with Gasteiger partial charge in [-0.15, -0.1) is 5.10 Å². The minimum absolute atomic E-state index is 0.185. The summed E-state index contributed by atoms with van der Waals surface area (Å²) in [5.74, 6) is 0.563. The van der Waals surface area contributed by atoms with Crippen LogP contribution in [0.3, 0.4) is 0 Å². The lowest BCUT2D eigenvalue weighted by Crippen LogP contribution is -2.44. The van der Waals surface area contributed by atoms with Crippen molar-refractivity contribution in [1.29, 1.82) is 0 Å². The first kappa shape index (κ1) is 17.0. The number of rotatable bonds is 5. The molecule has 1 aliphatic heterocycles. The number of carbonyl (C=O) groups is 1. The molecule has 2 heterocycles. The number of piperidine rings is 1. The predicted octanol–water partition coefficient (Wildman–Crippen LogP) is 2.85. The number of aryl methyl sites for hydroxylation is 1. The van der Waals surface area contributed by atoms with Gasteiger partial charge in [-0.25, -0.2) is 0 Å². The number of hydrogen-bond acceptors (Lipinski definition) is 5. The van der Waals surface area contributed by atoms with Crippen LogP contribution in [-0.2, 0) is 4.79 Å². The molecule has 0 bridgehead atoms. The van der Waals surface area contributed by atoms with Crippen LogP contribution in [0, 0.1) is 6.92 Å². The molecule has 1 atom stereocenters. The SMILES string of the molecule is CC[C@H]1CCCCN1C(=O)CSc1nnnn1-c1ccc(C)cc1. The lowest BCUT2D eigenvalue weighted by Gasteiger charge is -2.35. The molecule has 1 amide bonds. The van der Waals surface area contributed by atoms with Gasteiger partial charge in [0.15, 0.2) is 0 Å². The van der Waals surface area contributed by atoms with Gasteiger partial charge in [-0.1, -0.05) is 36.4 Å². The number of likely N-dealkylation sites (tertiary alicyclic amines) is 1. The topological polar surface area (TPSA) is 63.9 Å². The van der Waals surface area contributed by atoms with E-state index in [9.17, 15) is 4.79 Å². The van der Waals surface area contributed by atoms with Crippen LogP contribution in [0.2, 0.25) is 0 Å². The van der Waals surface area contributed by atoms with Crippen molar-refractivity contribution in [3.63, 3.8) is 0 Å². The summed E-state index contributed by atoms with van der Waals surface area (Å²) in [6.07, 6.45) is 4.47. The molecule has 0 saturated carbocycles. The molecule has 7 heteroatoms. The highest BCUT2D eigenvalue weighted by molar-refractivity contribution is 7.99. The number of hydrogen-bond donors (Lipinski definition) is 0. The highest BCUT2D eigenvalue weighted by Crippen LogP contribution is 2.23. The highest BCUT2D eigenvalue weighted by atomic mass is 32.2. The minimum Gasteiger partial charge on any atom is -0.339 e. The number of carbonyl (C=O) groups excluding carboxylic acids is 1. The summed E-state index contributed by atoms with van der Waals surface area (Å²) >= 11 is 1.40. The summed E-state index contributed by atoms with van der Waals surface area (Å²) in [6.45, 7) is 5.07. The Morgan fingerprint density at radius 1 is 1.29 bits per heavy atom. The van der Waals surface area contributed by atoms with E-state index >= 15 is 0 Å². The molecule has 1 saturated heterocycles. The third-order valence-electron chi connectivity index (χ3n) is 4.46. The molecule has 0 spiro atoms. The van der Waals surface area contributed by atoms with E-state index in [2.05, 4.69) is 22.4 Å². The van der Waals surface area contributed by atoms with Gasteiger partial charge in [0, 0.05) is 12.6 Å². The Morgan fingerprint density at radius 3 is 2.83 bits per heavy atom. The lowest BCUT2D eigenvalue weighted by molar-refractivity contribution is -0.132. The Kier molecular flexibility index (Phi) is 5.50. The molecule has 0 N–H and O–H groups in total. The Hall–Kier alpha value is -1.89. The number of amides is 1. The van der Waals surface area contributed by atoms with Crippen LogP contribution in [-0.4, -0.2) is 49.4 Å². The van der Waals surface area contributed by atoms with Gasteiger partial charge >= 0.3 is 0 Å². The van der Waals surface area contributed by atoms with Gasteiger partial charge in [0.25, 0.3) is 0 Å². The van der Waals surface area contributed by atoms with Crippen molar-refractivity contribution in [2.45, 2.75) is 50.7 Å². The Bertz CT molecular complexity index is 685. The Labute approximate surface area is 146 Å². The number of benzene rings is 1. The number of aromatic nitrogens is 4. The van der Waals surface area contributed by atoms with Crippen LogP contribution in [0.1, 0.15) is 38.2 Å². The fourth-order valence-electron chi connectivity index (χ4n) is 3.08. The van der Waals surface area contributed by atoms with E-state index in [0.717, 1.165) is 31.5 Å². The molecule has 6 nitrogen and oxygen atoms in total. The maximum Gasteiger partial charge on any atom is 0.233 e. The van der Waals surface area contributed by atoms with Crippen LogP contribution >= 0.6 is 11.8 Å². The third kappa shape index (κ3) is 3.77. The van der Waals surface area contributed by atoms with Gasteiger partial charge in [0.1, 0.15) is 0 Å². The molecule has 0 aliphatic carbocycles. The molecule has 0 unspecified atom stereocenters. The summed E-state index contributed by atoms with van der Waals surface area (Å²) in [4.78, 5) is 14.6. The second kappa shape index (κ2) is 7.79. The van der Waals surface area contributed by atoms with Gasteiger partial charge in [-0.2, -0.15) is 4.68 Å². The maximum absolute atomic E-state index is 12.6. The van der Waals surface area contributed by atoms with Crippen molar-refractivity contribution in [3.8, 4) is 5.69 Å². The van der Waals surface area contributed by atoms with Crippen LogP contribution in [0.25, 0.3) is 5.69 Å². The summed E-state index contributed by atoms with van der Waals surface area (Å²) < 4.78 is 1.69. The van der Waals surface area contributed by atoms with E-state index < -0.39 is 0 Å². The van der Waals surface area contributed by atoms with Crippen molar-refractivity contribution >= 4 is 17.7 Å². The Morgan fingerprint density at radius 2 is 2.08 bits per heavy atom. The van der Waals surface area contributed by atoms with E-state index in [4.69, 9.17) is 0 Å². The molecular formula is C17H23N5OS. The fourth-order valence-corrected chi connectivity index (χ4v) is 3.86. The molecule has 0 radical (unpaired) electrons. The summed E-state index contributed by atoms with van der Waals surface area (Å²) in [6, 6.07) is 8.40. The van der Waals surface area contributed by atoms with Crippen LogP contribution in [0.5, 0.6) is 0 Å². The number of nitrogens with zero attached hydrogens (tertiary/aromatic N) is 5. The molecule has 2 aromatic rings. The van der Waals surface area contributed by atoms with Crippen molar-refractivity contribution < 1.29 is 4.79 Å². The maximum atomic E-state index is 12.6. The van der Waals surface area contributed by atoms with E-state index in [-0.39, 0.29) is 5.91 Å². The largest absolute Gasteiger partial charge is 0.339 e. The Balaban J connectivity index is 1.66. The van der Waals surface area contributed by atoms with Crippen LogP contribution < -0.4 is 0 Å². The number of thioether (sulfide) groups is 1. The second-order valence-electron chi connectivity index (χ2n) is 6.14. The van der Waals surface area contributed by atoms with E-state index in [1.165, 1.54) is 23.7 Å². The highest BCUT2D eigenvalue weighted by Gasteiger charge is 2.25. The molecular weight excluding hydrogens is 322 g/mol. The van der Waals surface area contributed by atoms with Gasteiger partial charge in [0.05, 0.1) is 11.4 Å².